The standard InChI is InChI=1S/C17H17Cl2N3O4/c1-3-22-13(23)8-21(17(22)25)7-10-14-11(19)5-9(18)6-12(14)20-15(10)16(24)26-4-2/h5-6,20H,3-4,7-8H2,1-2H3. The second-order valence-corrected chi connectivity index (χ2v) is 6.63. The number of hydrogen-bond acceptors (Lipinski definition) is 4. The summed E-state index contributed by atoms with van der Waals surface area (Å²) in [4.78, 5) is 42.3. The van der Waals surface area contributed by atoms with Crippen molar-refractivity contribution in [3.8, 4) is 0 Å². The van der Waals surface area contributed by atoms with Crippen LogP contribution >= 0.6 is 23.2 Å². The molecule has 1 aliphatic heterocycles. The van der Waals surface area contributed by atoms with Crippen molar-refractivity contribution in [2.45, 2.75) is 20.4 Å². The first-order valence-electron chi connectivity index (χ1n) is 8.13. The average Bonchev–Trinajstić information content (AvgIpc) is 3.05. The van der Waals surface area contributed by atoms with E-state index in [4.69, 9.17) is 27.9 Å². The van der Waals surface area contributed by atoms with Crippen LogP contribution in [0.15, 0.2) is 12.1 Å². The predicted molar refractivity (Wildman–Crippen MR) is 97.5 cm³/mol. The maximum absolute atomic E-state index is 12.4. The Labute approximate surface area is 159 Å². The zero-order chi connectivity index (χ0) is 19.0. The number of carbonyl (C=O) groups excluding carboxylic acids is 3. The van der Waals surface area contributed by atoms with E-state index < -0.39 is 12.0 Å². The van der Waals surface area contributed by atoms with Gasteiger partial charge >= 0.3 is 12.0 Å². The smallest absolute Gasteiger partial charge is 0.355 e. The zero-order valence-electron chi connectivity index (χ0n) is 14.3. The summed E-state index contributed by atoms with van der Waals surface area (Å²) < 4.78 is 5.10. The summed E-state index contributed by atoms with van der Waals surface area (Å²) in [7, 11) is 0. The van der Waals surface area contributed by atoms with Gasteiger partial charge in [-0.15, -0.1) is 0 Å². The highest BCUT2D eigenvalue weighted by atomic mass is 35.5. The number of urea groups is 1. The number of aromatic amines is 1. The summed E-state index contributed by atoms with van der Waals surface area (Å²) >= 11 is 12.4. The second-order valence-electron chi connectivity index (χ2n) is 5.79. The van der Waals surface area contributed by atoms with Gasteiger partial charge in [-0.1, -0.05) is 23.2 Å². The average molecular weight is 398 g/mol. The molecule has 9 heteroatoms. The molecular formula is C17H17Cl2N3O4. The van der Waals surface area contributed by atoms with E-state index in [2.05, 4.69) is 4.98 Å². The molecule has 0 atom stereocenters. The maximum atomic E-state index is 12.4. The lowest BCUT2D eigenvalue weighted by atomic mass is 10.1. The van der Waals surface area contributed by atoms with E-state index in [1.54, 1.807) is 26.0 Å². The molecular weight excluding hydrogens is 381 g/mol. The molecule has 3 amide bonds. The Balaban J connectivity index is 2.08. The number of H-pyrrole nitrogens is 1. The van der Waals surface area contributed by atoms with E-state index in [0.717, 1.165) is 4.90 Å². The molecule has 26 heavy (non-hydrogen) atoms. The minimum absolute atomic E-state index is 0.0488. The van der Waals surface area contributed by atoms with Gasteiger partial charge in [0, 0.05) is 28.0 Å². The molecule has 0 radical (unpaired) electrons. The lowest BCUT2D eigenvalue weighted by Crippen LogP contribution is -2.32. The molecule has 138 valence electrons. The lowest BCUT2D eigenvalue weighted by molar-refractivity contribution is -0.125. The number of halogens is 2. The Morgan fingerprint density at radius 1 is 1.27 bits per heavy atom. The number of rotatable bonds is 5. The van der Waals surface area contributed by atoms with Crippen LogP contribution < -0.4 is 0 Å². The SMILES string of the molecule is CCOC(=O)c1[nH]c2cc(Cl)cc(Cl)c2c1CN1CC(=O)N(CC)C1=O. The predicted octanol–water partition coefficient (Wildman–Crippen LogP) is 3.44. The van der Waals surface area contributed by atoms with Gasteiger partial charge in [0.05, 0.1) is 18.2 Å². The fourth-order valence-corrected chi connectivity index (χ4v) is 3.68. The fraction of sp³-hybridized carbons (Fsp3) is 0.353. The fourth-order valence-electron chi connectivity index (χ4n) is 3.07. The number of aromatic nitrogens is 1. The number of fused-ring (bicyclic) bond motifs is 1. The Bertz CT molecular complexity index is 909. The normalized spacial score (nSPS) is 14.6. The third-order valence-electron chi connectivity index (χ3n) is 4.19. The molecule has 1 N–H and O–H groups in total. The van der Waals surface area contributed by atoms with Gasteiger partial charge in [0.25, 0.3) is 0 Å². The first kappa shape index (κ1) is 18.5. The van der Waals surface area contributed by atoms with Crippen molar-refractivity contribution in [3.05, 3.63) is 33.4 Å². The summed E-state index contributed by atoms with van der Waals surface area (Å²) in [5, 5.41) is 1.34. The van der Waals surface area contributed by atoms with E-state index in [-0.39, 0.29) is 31.3 Å². The highest BCUT2D eigenvalue weighted by molar-refractivity contribution is 6.39. The van der Waals surface area contributed by atoms with E-state index >= 15 is 0 Å². The molecule has 1 aromatic heterocycles. The highest BCUT2D eigenvalue weighted by Gasteiger charge is 2.36. The van der Waals surface area contributed by atoms with Crippen molar-refractivity contribution >= 4 is 52.0 Å². The van der Waals surface area contributed by atoms with Crippen molar-refractivity contribution in [1.82, 2.24) is 14.8 Å². The van der Waals surface area contributed by atoms with Crippen molar-refractivity contribution in [1.29, 1.82) is 0 Å². The van der Waals surface area contributed by atoms with Crippen LogP contribution in [0.25, 0.3) is 10.9 Å². The number of esters is 1. The summed E-state index contributed by atoms with van der Waals surface area (Å²) in [5.41, 5.74) is 1.26. The number of likely N-dealkylation sites (N-methyl/N-ethyl adjacent to an activating group) is 1. The second kappa shape index (κ2) is 7.17. The molecule has 2 heterocycles. The molecule has 1 aromatic carbocycles. The van der Waals surface area contributed by atoms with Crippen LogP contribution in [0.5, 0.6) is 0 Å². The summed E-state index contributed by atoms with van der Waals surface area (Å²) in [6, 6.07) is 2.81. The minimum atomic E-state index is -0.559. The van der Waals surface area contributed by atoms with Gasteiger partial charge in [0.15, 0.2) is 0 Å². The number of ether oxygens (including phenoxy) is 1. The summed E-state index contributed by atoms with van der Waals surface area (Å²) in [6.07, 6.45) is 0. The molecule has 0 bridgehead atoms. The summed E-state index contributed by atoms with van der Waals surface area (Å²) in [5.74, 6) is -0.833. The molecule has 0 spiro atoms. The molecule has 1 saturated heterocycles. The van der Waals surface area contributed by atoms with Crippen LogP contribution in [0.2, 0.25) is 10.0 Å². The Morgan fingerprint density at radius 3 is 2.62 bits per heavy atom. The van der Waals surface area contributed by atoms with Crippen molar-refractivity contribution in [3.63, 3.8) is 0 Å². The van der Waals surface area contributed by atoms with Crippen molar-refractivity contribution in [2.75, 3.05) is 19.7 Å². The van der Waals surface area contributed by atoms with E-state index in [1.807, 2.05) is 0 Å². The molecule has 1 fully saturated rings. The van der Waals surface area contributed by atoms with E-state index in [1.165, 1.54) is 4.90 Å². The quantitative estimate of drug-likeness (QED) is 0.618. The van der Waals surface area contributed by atoms with Crippen LogP contribution in [0.1, 0.15) is 29.9 Å². The Kier molecular flexibility index (Phi) is 5.11. The molecule has 1 aliphatic rings. The van der Waals surface area contributed by atoms with Gasteiger partial charge in [-0.2, -0.15) is 0 Å². The van der Waals surface area contributed by atoms with E-state index in [9.17, 15) is 14.4 Å². The van der Waals surface area contributed by atoms with Crippen molar-refractivity contribution in [2.24, 2.45) is 0 Å². The maximum Gasteiger partial charge on any atom is 0.355 e. The molecule has 7 nitrogen and oxygen atoms in total. The topological polar surface area (TPSA) is 82.7 Å². The third kappa shape index (κ3) is 3.12. The third-order valence-corrected chi connectivity index (χ3v) is 4.71. The van der Waals surface area contributed by atoms with Crippen LogP contribution in [0.3, 0.4) is 0 Å². The number of benzene rings is 1. The van der Waals surface area contributed by atoms with Crippen LogP contribution in [0.4, 0.5) is 4.79 Å². The first-order chi connectivity index (χ1) is 12.4. The first-order valence-corrected chi connectivity index (χ1v) is 8.88. The van der Waals surface area contributed by atoms with Gasteiger partial charge in [-0.25, -0.2) is 9.59 Å². The van der Waals surface area contributed by atoms with Crippen LogP contribution in [0, 0.1) is 0 Å². The van der Waals surface area contributed by atoms with Crippen molar-refractivity contribution < 1.29 is 19.1 Å². The molecule has 3 rings (SSSR count). The number of nitrogens with one attached hydrogen (secondary N) is 1. The van der Waals surface area contributed by atoms with Gasteiger partial charge in [-0.05, 0) is 26.0 Å². The van der Waals surface area contributed by atoms with Gasteiger partial charge < -0.3 is 14.6 Å². The molecule has 0 unspecified atom stereocenters. The molecule has 0 saturated carbocycles. The van der Waals surface area contributed by atoms with Gasteiger partial charge in [0.2, 0.25) is 5.91 Å². The monoisotopic (exact) mass is 397 g/mol. The zero-order valence-corrected chi connectivity index (χ0v) is 15.8. The number of hydrogen-bond donors (Lipinski definition) is 1. The molecule has 2 aromatic rings. The lowest BCUT2D eigenvalue weighted by Gasteiger charge is -2.16. The Morgan fingerprint density at radius 2 is 2.00 bits per heavy atom. The van der Waals surface area contributed by atoms with Gasteiger partial charge in [-0.3, -0.25) is 9.69 Å². The summed E-state index contributed by atoms with van der Waals surface area (Å²) in [6.45, 7) is 3.93. The largest absolute Gasteiger partial charge is 0.461 e. The van der Waals surface area contributed by atoms with E-state index in [0.29, 0.717) is 33.1 Å². The van der Waals surface area contributed by atoms with Crippen LogP contribution in [-0.2, 0) is 16.1 Å². The number of carbonyl (C=O) groups is 3. The highest BCUT2D eigenvalue weighted by Crippen LogP contribution is 2.34. The van der Waals surface area contributed by atoms with Crippen LogP contribution in [-0.4, -0.2) is 52.4 Å². The minimum Gasteiger partial charge on any atom is -0.461 e. The number of imide groups is 1. The Hall–Kier alpha value is -2.25. The van der Waals surface area contributed by atoms with Gasteiger partial charge in [0.1, 0.15) is 12.2 Å². The number of nitrogens with zero attached hydrogens (tertiary/aromatic N) is 2. The number of amides is 3. The molecule has 0 aliphatic carbocycles.